The van der Waals surface area contributed by atoms with Gasteiger partial charge in [-0.25, -0.2) is 8.78 Å². The summed E-state index contributed by atoms with van der Waals surface area (Å²) < 4.78 is 54.2. The summed E-state index contributed by atoms with van der Waals surface area (Å²) in [6, 6.07) is 10.3. The Labute approximate surface area is 140 Å². The maximum atomic E-state index is 12.8. The van der Waals surface area contributed by atoms with Gasteiger partial charge in [0.15, 0.2) is 6.61 Å². The Hall–Kier alpha value is -2.28. The van der Waals surface area contributed by atoms with E-state index in [-0.39, 0.29) is 16.5 Å². The fourth-order valence-electron chi connectivity index (χ4n) is 1.65. The summed E-state index contributed by atoms with van der Waals surface area (Å²) in [6.45, 7) is -1.41. The summed E-state index contributed by atoms with van der Waals surface area (Å²) in [7, 11) is 0. The summed E-state index contributed by atoms with van der Waals surface area (Å²) in [5.41, 5.74) is 0.849. The first-order valence-electron chi connectivity index (χ1n) is 6.70. The number of alkyl halides is 4. The van der Waals surface area contributed by atoms with Crippen LogP contribution in [-0.4, -0.2) is 30.3 Å². The Kier molecular flexibility index (Phi) is 5.66. The van der Waals surface area contributed by atoms with Gasteiger partial charge in [-0.15, -0.1) is 0 Å². The number of aliphatic imine (C=N–C) groups is 1. The summed E-state index contributed by atoms with van der Waals surface area (Å²) >= 11 is 5.77. The fourth-order valence-corrected chi connectivity index (χ4v) is 1.83. The lowest BCUT2D eigenvalue weighted by Gasteiger charge is -2.15. The van der Waals surface area contributed by atoms with Gasteiger partial charge in [0.2, 0.25) is 0 Å². The van der Waals surface area contributed by atoms with Crippen molar-refractivity contribution >= 4 is 23.5 Å². The highest BCUT2D eigenvalue weighted by molar-refractivity contribution is 6.32. The maximum Gasteiger partial charge on any atom is 0.340 e. The van der Waals surface area contributed by atoms with E-state index < -0.39 is 19.0 Å². The van der Waals surface area contributed by atoms with Crippen molar-refractivity contribution in [3.8, 4) is 11.5 Å². The Morgan fingerprint density at radius 2 is 1.83 bits per heavy atom. The highest BCUT2D eigenvalue weighted by Crippen LogP contribution is 2.27. The van der Waals surface area contributed by atoms with Crippen LogP contribution in [-0.2, 0) is 0 Å². The molecule has 2 aromatic rings. The van der Waals surface area contributed by atoms with Crippen LogP contribution in [0.15, 0.2) is 47.5 Å². The minimum atomic E-state index is -4.21. The number of benzene rings is 2. The number of ether oxygens (including phenoxy) is 1. The van der Waals surface area contributed by atoms with E-state index in [0.717, 1.165) is 0 Å². The van der Waals surface area contributed by atoms with Crippen molar-refractivity contribution in [1.29, 1.82) is 0 Å². The average Bonchev–Trinajstić information content (AvgIpc) is 2.55. The zero-order chi connectivity index (χ0) is 17.7. The predicted molar refractivity (Wildman–Crippen MR) is 83.3 cm³/mol. The van der Waals surface area contributed by atoms with Crippen molar-refractivity contribution in [3.05, 3.63) is 53.1 Å². The highest BCUT2D eigenvalue weighted by Gasteiger charge is 2.41. The maximum absolute atomic E-state index is 12.8. The molecule has 128 valence electrons. The molecule has 0 spiro atoms. The molecule has 0 saturated carbocycles. The van der Waals surface area contributed by atoms with Crippen LogP contribution in [0, 0.1) is 0 Å². The van der Waals surface area contributed by atoms with E-state index in [1.54, 1.807) is 12.1 Å². The number of phenols is 1. The molecule has 0 aliphatic heterocycles. The quantitative estimate of drug-likeness (QED) is 0.576. The lowest BCUT2D eigenvalue weighted by atomic mass is 10.2. The van der Waals surface area contributed by atoms with Gasteiger partial charge >= 0.3 is 12.3 Å². The van der Waals surface area contributed by atoms with E-state index in [2.05, 4.69) is 9.73 Å². The van der Waals surface area contributed by atoms with Gasteiger partial charge < -0.3 is 9.84 Å². The third-order valence-corrected chi connectivity index (χ3v) is 3.26. The van der Waals surface area contributed by atoms with Crippen LogP contribution >= 0.6 is 11.6 Å². The summed E-state index contributed by atoms with van der Waals surface area (Å²) in [5, 5.41) is 9.92. The molecule has 0 saturated heterocycles. The number of phenolic OH excluding ortho intramolecular Hbond substituents is 1. The second kappa shape index (κ2) is 7.53. The van der Waals surface area contributed by atoms with Gasteiger partial charge in [-0.1, -0.05) is 17.7 Å². The van der Waals surface area contributed by atoms with Crippen LogP contribution < -0.4 is 4.74 Å². The SMILES string of the molecule is Oc1c(Cl)cccc1C=Nc1ccc(OCC(F)(F)C(F)F)cc1. The molecule has 0 unspecified atom stereocenters. The van der Waals surface area contributed by atoms with E-state index >= 15 is 0 Å². The smallest absolute Gasteiger partial charge is 0.340 e. The third kappa shape index (κ3) is 4.61. The van der Waals surface area contributed by atoms with Crippen LogP contribution in [0.2, 0.25) is 5.02 Å². The molecule has 3 nitrogen and oxygen atoms in total. The van der Waals surface area contributed by atoms with Crippen LogP contribution in [0.3, 0.4) is 0 Å². The zero-order valence-corrected chi connectivity index (χ0v) is 12.9. The molecule has 0 fully saturated rings. The van der Waals surface area contributed by atoms with E-state index in [0.29, 0.717) is 11.3 Å². The van der Waals surface area contributed by atoms with Gasteiger partial charge in [0.1, 0.15) is 11.5 Å². The summed E-state index contributed by atoms with van der Waals surface area (Å²) in [5.74, 6) is -4.31. The molecule has 2 aromatic carbocycles. The second-order valence-electron chi connectivity index (χ2n) is 4.78. The molecule has 0 aliphatic carbocycles. The van der Waals surface area contributed by atoms with Crippen molar-refractivity contribution in [2.75, 3.05) is 6.61 Å². The van der Waals surface area contributed by atoms with Gasteiger partial charge in [0.05, 0.1) is 10.7 Å². The topological polar surface area (TPSA) is 41.8 Å². The second-order valence-corrected chi connectivity index (χ2v) is 5.19. The highest BCUT2D eigenvalue weighted by atomic mass is 35.5. The lowest BCUT2D eigenvalue weighted by molar-refractivity contribution is -0.148. The minimum absolute atomic E-state index is 0.0138. The number of nitrogens with zero attached hydrogens (tertiary/aromatic N) is 1. The number of rotatable bonds is 6. The number of para-hydroxylation sites is 1. The summed E-state index contributed by atoms with van der Waals surface area (Å²) in [4.78, 5) is 4.09. The molecule has 1 N–H and O–H groups in total. The molecule has 0 bridgehead atoms. The first-order chi connectivity index (χ1) is 11.3. The molecule has 0 aliphatic rings. The monoisotopic (exact) mass is 361 g/mol. The molecule has 8 heteroatoms. The van der Waals surface area contributed by atoms with Gasteiger partial charge in [0, 0.05) is 11.8 Å². The summed E-state index contributed by atoms with van der Waals surface area (Å²) in [6.07, 6.45) is -2.41. The normalized spacial score (nSPS) is 12.1. The van der Waals surface area contributed by atoms with E-state index in [4.69, 9.17) is 11.6 Å². The Bertz CT molecular complexity index is 721. The van der Waals surface area contributed by atoms with Gasteiger partial charge in [-0.05, 0) is 36.4 Å². The predicted octanol–water partition coefficient (Wildman–Crippen LogP) is 5.08. The number of hydrogen-bond acceptors (Lipinski definition) is 3. The van der Waals surface area contributed by atoms with E-state index in [1.165, 1.54) is 36.5 Å². The van der Waals surface area contributed by atoms with Crippen molar-refractivity contribution < 1.29 is 27.4 Å². The zero-order valence-electron chi connectivity index (χ0n) is 12.1. The fraction of sp³-hybridized carbons (Fsp3) is 0.188. The molecular weight excluding hydrogens is 350 g/mol. The Morgan fingerprint density at radius 3 is 2.46 bits per heavy atom. The van der Waals surface area contributed by atoms with Crippen molar-refractivity contribution in [3.63, 3.8) is 0 Å². The first-order valence-corrected chi connectivity index (χ1v) is 7.08. The van der Waals surface area contributed by atoms with E-state index in [1.807, 2.05) is 0 Å². The molecule has 2 rings (SSSR count). The minimum Gasteiger partial charge on any atom is -0.506 e. The molecule has 0 aromatic heterocycles. The Balaban J connectivity index is 2.02. The number of halogens is 5. The lowest BCUT2D eigenvalue weighted by Crippen LogP contribution is -2.33. The third-order valence-electron chi connectivity index (χ3n) is 2.96. The van der Waals surface area contributed by atoms with Crippen LogP contribution in [0.1, 0.15) is 5.56 Å². The first kappa shape index (κ1) is 18.1. The number of aromatic hydroxyl groups is 1. The molecule has 24 heavy (non-hydrogen) atoms. The Morgan fingerprint density at radius 1 is 1.17 bits per heavy atom. The molecular formula is C16H12ClF4NO2. The van der Waals surface area contributed by atoms with Crippen molar-refractivity contribution in [2.45, 2.75) is 12.3 Å². The van der Waals surface area contributed by atoms with Crippen LogP contribution in [0.4, 0.5) is 23.2 Å². The average molecular weight is 362 g/mol. The van der Waals surface area contributed by atoms with Gasteiger partial charge in [-0.2, -0.15) is 8.78 Å². The standard InChI is InChI=1S/C16H12ClF4NO2/c17-13-3-1-2-10(14(13)23)8-22-11-4-6-12(7-5-11)24-9-16(20,21)15(18)19/h1-8,15,23H,9H2. The van der Waals surface area contributed by atoms with Crippen LogP contribution in [0.25, 0.3) is 0 Å². The largest absolute Gasteiger partial charge is 0.506 e. The molecule has 0 radical (unpaired) electrons. The number of hydrogen-bond donors (Lipinski definition) is 1. The van der Waals surface area contributed by atoms with Crippen molar-refractivity contribution in [2.24, 2.45) is 4.99 Å². The van der Waals surface area contributed by atoms with Crippen LogP contribution in [0.5, 0.6) is 11.5 Å². The van der Waals surface area contributed by atoms with Gasteiger partial charge in [0.25, 0.3) is 0 Å². The van der Waals surface area contributed by atoms with Crippen molar-refractivity contribution in [1.82, 2.24) is 0 Å². The molecule has 0 atom stereocenters. The molecule has 0 amide bonds. The van der Waals surface area contributed by atoms with Gasteiger partial charge in [-0.3, -0.25) is 4.99 Å². The molecule has 0 heterocycles. The van der Waals surface area contributed by atoms with E-state index in [9.17, 15) is 22.7 Å².